The lowest BCUT2D eigenvalue weighted by Gasteiger charge is -2.16. The predicted octanol–water partition coefficient (Wildman–Crippen LogP) is 3.21. The number of nitrogens with one attached hydrogen (secondary N) is 1. The smallest absolute Gasteiger partial charge is 0.243 e. The standard InChI is InChI=1S/C20H22N2O3S/c23-20(19-14-18(19)15-7-2-1-3-8-15)21-16-9-6-10-17(13-16)26(24,25)22-11-4-5-12-22/h1-3,6-10,13,18-19H,4-5,11-12,14H2,(H,21,23). The van der Waals surface area contributed by atoms with Crippen LogP contribution in [0.25, 0.3) is 0 Å². The summed E-state index contributed by atoms with van der Waals surface area (Å²) in [5.41, 5.74) is 1.71. The van der Waals surface area contributed by atoms with E-state index >= 15 is 0 Å². The zero-order valence-corrected chi connectivity index (χ0v) is 15.3. The quantitative estimate of drug-likeness (QED) is 0.879. The number of nitrogens with zero attached hydrogens (tertiary/aromatic N) is 1. The summed E-state index contributed by atoms with van der Waals surface area (Å²) in [7, 11) is -3.47. The van der Waals surface area contributed by atoms with Crippen molar-refractivity contribution in [3.05, 3.63) is 60.2 Å². The summed E-state index contributed by atoms with van der Waals surface area (Å²) >= 11 is 0. The number of carbonyl (C=O) groups excluding carboxylic acids is 1. The highest BCUT2D eigenvalue weighted by molar-refractivity contribution is 7.89. The molecule has 1 heterocycles. The lowest BCUT2D eigenvalue weighted by molar-refractivity contribution is -0.117. The Bertz CT molecular complexity index is 906. The van der Waals surface area contributed by atoms with Crippen LogP contribution in [0.15, 0.2) is 59.5 Å². The molecule has 2 aromatic rings. The van der Waals surface area contributed by atoms with Gasteiger partial charge in [0.05, 0.1) is 4.90 Å². The average Bonchev–Trinajstić information content (AvgIpc) is 3.26. The van der Waals surface area contributed by atoms with Gasteiger partial charge in [0.1, 0.15) is 0 Å². The maximum Gasteiger partial charge on any atom is 0.243 e. The fourth-order valence-corrected chi connectivity index (χ4v) is 5.16. The lowest BCUT2D eigenvalue weighted by Crippen LogP contribution is -2.28. The van der Waals surface area contributed by atoms with E-state index in [2.05, 4.69) is 5.32 Å². The van der Waals surface area contributed by atoms with Crippen LogP contribution in [0.5, 0.6) is 0 Å². The lowest BCUT2D eigenvalue weighted by atomic mass is 10.1. The number of benzene rings is 2. The summed E-state index contributed by atoms with van der Waals surface area (Å²) in [4.78, 5) is 12.7. The molecule has 0 spiro atoms. The van der Waals surface area contributed by atoms with Gasteiger partial charge in [-0.15, -0.1) is 0 Å². The zero-order chi connectivity index (χ0) is 18.1. The van der Waals surface area contributed by atoms with Crippen LogP contribution >= 0.6 is 0 Å². The molecule has 2 unspecified atom stereocenters. The van der Waals surface area contributed by atoms with E-state index in [9.17, 15) is 13.2 Å². The third kappa shape index (κ3) is 3.39. The van der Waals surface area contributed by atoms with E-state index in [1.165, 1.54) is 9.87 Å². The number of hydrogen-bond donors (Lipinski definition) is 1. The number of anilines is 1. The third-order valence-corrected chi connectivity index (χ3v) is 7.05. The molecule has 2 aromatic carbocycles. The molecule has 26 heavy (non-hydrogen) atoms. The Morgan fingerprint density at radius 3 is 2.46 bits per heavy atom. The fourth-order valence-electron chi connectivity index (χ4n) is 3.60. The van der Waals surface area contributed by atoms with E-state index in [0.717, 1.165) is 19.3 Å². The molecule has 5 nitrogen and oxygen atoms in total. The van der Waals surface area contributed by atoms with Gasteiger partial charge in [0.2, 0.25) is 15.9 Å². The third-order valence-electron chi connectivity index (χ3n) is 5.16. The number of amides is 1. The molecular formula is C20H22N2O3S. The van der Waals surface area contributed by atoms with Crippen molar-refractivity contribution in [2.24, 2.45) is 5.92 Å². The SMILES string of the molecule is O=C(Nc1cccc(S(=O)(=O)N2CCCC2)c1)C1CC1c1ccccc1. The molecule has 1 N–H and O–H groups in total. The molecule has 2 fully saturated rings. The van der Waals surface area contributed by atoms with E-state index in [1.54, 1.807) is 24.3 Å². The van der Waals surface area contributed by atoms with Crippen molar-refractivity contribution in [1.82, 2.24) is 4.31 Å². The maximum absolute atomic E-state index is 12.7. The Morgan fingerprint density at radius 1 is 1.00 bits per heavy atom. The summed E-state index contributed by atoms with van der Waals surface area (Å²) in [5.74, 6) is 0.165. The van der Waals surface area contributed by atoms with Crippen LogP contribution in [0, 0.1) is 5.92 Å². The fraction of sp³-hybridized carbons (Fsp3) is 0.350. The highest BCUT2D eigenvalue weighted by Gasteiger charge is 2.43. The average molecular weight is 370 g/mol. The van der Waals surface area contributed by atoms with Gasteiger partial charge < -0.3 is 5.32 Å². The van der Waals surface area contributed by atoms with E-state index in [-0.39, 0.29) is 22.6 Å². The topological polar surface area (TPSA) is 66.5 Å². The van der Waals surface area contributed by atoms with Crippen molar-refractivity contribution in [3.8, 4) is 0 Å². The first-order valence-corrected chi connectivity index (χ1v) is 10.5. The maximum atomic E-state index is 12.7. The first-order chi connectivity index (χ1) is 12.6. The number of rotatable bonds is 5. The highest BCUT2D eigenvalue weighted by atomic mass is 32.2. The molecule has 136 valence electrons. The summed E-state index contributed by atoms with van der Waals surface area (Å²) in [6, 6.07) is 16.6. The van der Waals surface area contributed by atoms with Crippen molar-refractivity contribution < 1.29 is 13.2 Å². The molecule has 1 aliphatic carbocycles. The second-order valence-corrected chi connectivity index (χ2v) is 8.93. The molecule has 1 amide bonds. The molecule has 0 bridgehead atoms. The van der Waals surface area contributed by atoms with Crippen LogP contribution in [-0.2, 0) is 14.8 Å². The van der Waals surface area contributed by atoms with E-state index in [4.69, 9.17) is 0 Å². The van der Waals surface area contributed by atoms with Gasteiger partial charge in [0, 0.05) is 24.7 Å². The molecular weight excluding hydrogens is 348 g/mol. The normalized spacial score (nSPS) is 22.9. The minimum Gasteiger partial charge on any atom is -0.326 e. The Labute approximate surface area is 154 Å². The molecule has 2 atom stereocenters. The molecule has 1 aliphatic heterocycles. The summed E-state index contributed by atoms with van der Waals surface area (Å²) in [6.45, 7) is 1.14. The number of sulfonamides is 1. The molecule has 0 radical (unpaired) electrons. The van der Waals surface area contributed by atoms with Crippen LogP contribution < -0.4 is 5.32 Å². The minimum absolute atomic E-state index is 0.0451. The van der Waals surface area contributed by atoms with Crippen molar-refractivity contribution in [1.29, 1.82) is 0 Å². The van der Waals surface area contributed by atoms with Crippen molar-refractivity contribution in [2.75, 3.05) is 18.4 Å². The van der Waals surface area contributed by atoms with Crippen molar-refractivity contribution in [3.63, 3.8) is 0 Å². The Morgan fingerprint density at radius 2 is 1.73 bits per heavy atom. The van der Waals surface area contributed by atoms with Crippen molar-refractivity contribution >= 4 is 21.6 Å². The number of carbonyl (C=O) groups is 1. The van der Waals surface area contributed by atoms with E-state index in [0.29, 0.717) is 18.8 Å². The molecule has 0 aromatic heterocycles. The van der Waals surface area contributed by atoms with Crippen LogP contribution in [-0.4, -0.2) is 31.7 Å². The summed E-state index contributed by atoms with van der Waals surface area (Å²) in [6.07, 6.45) is 2.64. The molecule has 4 rings (SSSR count). The van der Waals surface area contributed by atoms with Crippen molar-refractivity contribution in [2.45, 2.75) is 30.1 Å². The predicted molar refractivity (Wildman–Crippen MR) is 100 cm³/mol. The zero-order valence-electron chi connectivity index (χ0n) is 14.5. The van der Waals surface area contributed by atoms with Crippen LogP contribution in [0.3, 0.4) is 0 Å². The second-order valence-electron chi connectivity index (χ2n) is 6.99. The molecule has 6 heteroatoms. The first-order valence-electron chi connectivity index (χ1n) is 9.02. The Balaban J connectivity index is 1.45. The van der Waals surface area contributed by atoms with Gasteiger partial charge in [-0.3, -0.25) is 4.79 Å². The molecule has 1 saturated heterocycles. The monoisotopic (exact) mass is 370 g/mol. The van der Waals surface area contributed by atoms with Gasteiger partial charge >= 0.3 is 0 Å². The first kappa shape index (κ1) is 17.2. The van der Waals surface area contributed by atoms with Gasteiger partial charge in [0.15, 0.2) is 0 Å². The van der Waals surface area contributed by atoms with E-state index in [1.807, 2.05) is 30.3 Å². The minimum atomic E-state index is -3.47. The largest absolute Gasteiger partial charge is 0.326 e. The van der Waals surface area contributed by atoms with Gasteiger partial charge in [-0.05, 0) is 48.9 Å². The summed E-state index contributed by atoms with van der Waals surface area (Å²) in [5, 5.41) is 2.88. The summed E-state index contributed by atoms with van der Waals surface area (Å²) < 4.78 is 26.9. The molecule has 1 saturated carbocycles. The number of hydrogen-bond acceptors (Lipinski definition) is 3. The molecule has 2 aliphatic rings. The van der Waals surface area contributed by atoms with Gasteiger partial charge in [0.25, 0.3) is 0 Å². The van der Waals surface area contributed by atoms with Crippen LogP contribution in [0.2, 0.25) is 0 Å². The second kappa shape index (κ2) is 6.85. The van der Waals surface area contributed by atoms with E-state index < -0.39 is 10.0 Å². The highest BCUT2D eigenvalue weighted by Crippen LogP contribution is 2.47. The van der Waals surface area contributed by atoms with Gasteiger partial charge in [-0.25, -0.2) is 8.42 Å². The van der Waals surface area contributed by atoms with Crippen LogP contribution in [0.4, 0.5) is 5.69 Å². The van der Waals surface area contributed by atoms with Gasteiger partial charge in [-0.1, -0.05) is 36.4 Å². The van der Waals surface area contributed by atoms with Crippen LogP contribution in [0.1, 0.15) is 30.7 Å². The Hall–Kier alpha value is -2.18. The van der Waals surface area contributed by atoms with Gasteiger partial charge in [-0.2, -0.15) is 4.31 Å². The Kier molecular flexibility index (Phi) is 4.54.